The van der Waals surface area contributed by atoms with E-state index in [0.717, 1.165) is 33.9 Å². The molecule has 1 saturated carbocycles. The molecule has 230 valence electrons. The molecule has 0 saturated heterocycles. The third-order valence-electron chi connectivity index (χ3n) is 10.5. The molecule has 2 nitrogen and oxygen atoms in total. The molecule has 9 rings (SSSR count). The molecule has 6 aromatic carbocycles. The molecule has 0 N–H and O–H groups in total. The summed E-state index contributed by atoms with van der Waals surface area (Å²) in [6.45, 7) is 0. The highest BCUT2D eigenvalue weighted by molar-refractivity contribution is 5.85. The first-order valence-electron chi connectivity index (χ1n) is 17.2. The Balaban J connectivity index is 1.06. The van der Waals surface area contributed by atoms with Gasteiger partial charge in [-0.3, -0.25) is 0 Å². The first-order valence-corrected chi connectivity index (χ1v) is 17.2. The second-order valence-electron chi connectivity index (χ2n) is 13.3. The zero-order valence-electron chi connectivity index (χ0n) is 26.9. The van der Waals surface area contributed by atoms with Crippen LogP contribution in [0.25, 0.3) is 67.3 Å². The molecule has 1 fully saturated rings. The average molecular weight is 617 g/mol. The summed E-state index contributed by atoms with van der Waals surface area (Å²) in [7, 11) is 0. The number of aromatic nitrogens is 2. The van der Waals surface area contributed by atoms with Crippen LogP contribution in [0.3, 0.4) is 0 Å². The molecule has 0 radical (unpaired) electrons. The van der Waals surface area contributed by atoms with Crippen LogP contribution in [0.1, 0.15) is 43.2 Å². The van der Waals surface area contributed by atoms with Gasteiger partial charge in [-0.05, 0) is 75.5 Å². The van der Waals surface area contributed by atoms with Crippen LogP contribution in [-0.4, -0.2) is 9.97 Å². The van der Waals surface area contributed by atoms with Gasteiger partial charge in [0.25, 0.3) is 0 Å². The summed E-state index contributed by atoms with van der Waals surface area (Å²) in [5.41, 5.74) is 16.0. The van der Waals surface area contributed by atoms with Crippen molar-refractivity contribution in [3.8, 4) is 67.3 Å². The zero-order valence-corrected chi connectivity index (χ0v) is 26.9. The summed E-state index contributed by atoms with van der Waals surface area (Å²) < 4.78 is 0. The van der Waals surface area contributed by atoms with Crippen molar-refractivity contribution in [2.45, 2.75) is 37.5 Å². The molecule has 1 spiro atoms. The van der Waals surface area contributed by atoms with Gasteiger partial charge < -0.3 is 0 Å². The smallest absolute Gasteiger partial charge is 0.160 e. The van der Waals surface area contributed by atoms with Gasteiger partial charge in [0.1, 0.15) is 0 Å². The third-order valence-corrected chi connectivity index (χ3v) is 10.5. The number of benzene rings is 6. The van der Waals surface area contributed by atoms with E-state index in [2.05, 4.69) is 146 Å². The van der Waals surface area contributed by atoms with Gasteiger partial charge in [0.15, 0.2) is 5.82 Å². The van der Waals surface area contributed by atoms with E-state index >= 15 is 0 Å². The largest absolute Gasteiger partial charge is 0.228 e. The van der Waals surface area contributed by atoms with Crippen LogP contribution in [0.4, 0.5) is 0 Å². The highest BCUT2D eigenvalue weighted by atomic mass is 14.9. The Morgan fingerprint density at radius 3 is 1.56 bits per heavy atom. The molecule has 7 aromatic rings. The molecule has 0 aliphatic heterocycles. The number of rotatable bonds is 5. The molecule has 1 aromatic heterocycles. The van der Waals surface area contributed by atoms with Gasteiger partial charge in [0.05, 0.1) is 11.4 Å². The minimum atomic E-state index is 0.161. The fourth-order valence-electron chi connectivity index (χ4n) is 8.11. The average Bonchev–Trinajstić information content (AvgIpc) is 3.43. The molecular formula is C46H36N2. The molecule has 2 heteroatoms. The second kappa shape index (κ2) is 11.9. The highest BCUT2D eigenvalue weighted by Crippen LogP contribution is 2.56. The molecule has 0 bridgehead atoms. The molecule has 2 aliphatic rings. The van der Waals surface area contributed by atoms with E-state index in [1.807, 2.05) is 12.1 Å². The zero-order chi connectivity index (χ0) is 31.9. The lowest BCUT2D eigenvalue weighted by Gasteiger charge is -2.36. The van der Waals surface area contributed by atoms with Crippen molar-refractivity contribution < 1.29 is 0 Å². The van der Waals surface area contributed by atoms with Crippen LogP contribution in [0.2, 0.25) is 0 Å². The summed E-state index contributed by atoms with van der Waals surface area (Å²) in [6.07, 6.45) is 6.45. The van der Waals surface area contributed by atoms with Crippen LogP contribution in [0.15, 0.2) is 158 Å². The number of hydrogen-bond acceptors (Lipinski definition) is 2. The lowest BCUT2D eigenvalue weighted by Crippen LogP contribution is -2.28. The van der Waals surface area contributed by atoms with Crippen LogP contribution in [-0.2, 0) is 5.41 Å². The Kier molecular flexibility index (Phi) is 7.08. The van der Waals surface area contributed by atoms with E-state index < -0.39 is 0 Å². The summed E-state index contributed by atoms with van der Waals surface area (Å²) in [4.78, 5) is 10.0. The lowest BCUT2D eigenvalue weighted by molar-refractivity contribution is 0.353. The summed E-state index contributed by atoms with van der Waals surface area (Å²) >= 11 is 0. The van der Waals surface area contributed by atoms with E-state index in [4.69, 9.17) is 9.97 Å². The van der Waals surface area contributed by atoms with E-state index in [-0.39, 0.29) is 5.41 Å². The van der Waals surface area contributed by atoms with E-state index in [0.29, 0.717) is 0 Å². The van der Waals surface area contributed by atoms with E-state index in [9.17, 15) is 0 Å². The fraction of sp³-hybridized carbons (Fsp3) is 0.130. The van der Waals surface area contributed by atoms with Crippen molar-refractivity contribution in [1.82, 2.24) is 9.97 Å². The summed E-state index contributed by atoms with van der Waals surface area (Å²) in [5, 5.41) is 0. The van der Waals surface area contributed by atoms with Gasteiger partial charge >= 0.3 is 0 Å². The maximum absolute atomic E-state index is 5.02. The van der Waals surface area contributed by atoms with E-state index in [1.165, 1.54) is 71.0 Å². The minimum absolute atomic E-state index is 0.161. The lowest BCUT2D eigenvalue weighted by atomic mass is 9.67. The predicted octanol–water partition coefficient (Wildman–Crippen LogP) is 12.0. The quantitative estimate of drug-likeness (QED) is 0.192. The maximum Gasteiger partial charge on any atom is 0.160 e. The molecule has 0 atom stereocenters. The molecule has 48 heavy (non-hydrogen) atoms. The van der Waals surface area contributed by atoms with Crippen molar-refractivity contribution in [2.24, 2.45) is 0 Å². The summed E-state index contributed by atoms with van der Waals surface area (Å²) in [5.74, 6) is 0.728. The van der Waals surface area contributed by atoms with Gasteiger partial charge in [-0.2, -0.15) is 0 Å². The molecule has 0 amide bonds. The Morgan fingerprint density at radius 1 is 0.354 bits per heavy atom. The molecule has 2 aliphatic carbocycles. The fourth-order valence-corrected chi connectivity index (χ4v) is 8.11. The van der Waals surface area contributed by atoms with Crippen molar-refractivity contribution in [2.75, 3.05) is 0 Å². The van der Waals surface area contributed by atoms with Crippen LogP contribution in [0, 0.1) is 0 Å². The van der Waals surface area contributed by atoms with Crippen LogP contribution >= 0.6 is 0 Å². The summed E-state index contributed by atoms with van der Waals surface area (Å²) in [6, 6.07) is 56.8. The standard InChI is InChI=1S/C46H36N2/c1-4-13-33(14-5-1)43-31-44(34-15-6-2-7-16-34)48-45(47-43)35-23-21-32(22-24-35)36-17-12-18-37(29-36)38-25-26-40-39-19-8-9-20-41(39)46(42(40)30-38)27-10-3-11-28-46/h1-2,4-9,12-26,29-31H,3,10-11,27-28H2. The minimum Gasteiger partial charge on any atom is -0.228 e. The van der Waals surface area contributed by atoms with Crippen LogP contribution in [0.5, 0.6) is 0 Å². The van der Waals surface area contributed by atoms with E-state index in [1.54, 1.807) is 5.56 Å². The Labute approximate surface area is 282 Å². The van der Waals surface area contributed by atoms with Crippen LogP contribution < -0.4 is 0 Å². The first kappa shape index (κ1) is 28.6. The van der Waals surface area contributed by atoms with Crippen molar-refractivity contribution in [3.63, 3.8) is 0 Å². The van der Waals surface area contributed by atoms with Crippen molar-refractivity contribution in [3.05, 3.63) is 169 Å². The second-order valence-corrected chi connectivity index (χ2v) is 13.3. The Bertz CT molecular complexity index is 2190. The normalized spacial score (nSPS) is 14.4. The molecule has 0 unspecified atom stereocenters. The monoisotopic (exact) mass is 616 g/mol. The Morgan fingerprint density at radius 2 is 0.875 bits per heavy atom. The van der Waals surface area contributed by atoms with Crippen molar-refractivity contribution >= 4 is 0 Å². The van der Waals surface area contributed by atoms with Gasteiger partial charge in [-0.25, -0.2) is 9.97 Å². The third kappa shape index (κ3) is 4.96. The number of nitrogens with zero attached hydrogens (tertiary/aromatic N) is 2. The van der Waals surface area contributed by atoms with Gasteiger partial charge in [0, 0.05) is 22.1 Å². The molecule has 1 heterocycles. The molecular weight excluding hydrogens is 581 g/mol. The van der Waals surface area contributed by atoms with Gasteiger partial charge in [-0.15, -0.1) is 0 Å². The Hall–Kier alpha value is -5.60. The predicted molar refractivity (Wildman–Crippen MR) is 199 cm³/mol. The highest BCUT2D eigenvalue weighted by Gasteiger charge is 2.43. The maximum atomic E-state index is 5.02. The van der Waals surface area contributed by atoms with Gasteiger partial charge in [0.2, 0.25) is 0 Å². The topological polar surface area (TPSA) is 25.8 Å². The number of hydrogen-bond donors (Lipinski definition) is 0. The SMILES string of the molecule is c1ccc(-c2cc(-c3ccccc3)nc(-c3ccc(-c4cccc(-c5ccc6c(c5)C5(CCCCC5)c5ccccc5-6)c4)cc3)n2)cc1. The van der Waals surface area contributed by atoms with Crippen molar-refractivity contribution in [1.29, 1.82) is 0 Å². The number of fused-ring (bicyclic) bond motifs is 5. The van der Waals surface area contributed by atoms with Gasteiger partial charge in [-0.1, -0.05) is 159 Å². The first-order chi connectivity index (χ1) is 23.7.